The predicted octanol–water partition coefficient (Wildman–Crippen LogP) is 3.28. The van der Waals surface area contributed by atoms with Gasteiger partial charge in [0.15, 0.2) is 0 Å². The molecule has 0 aliphatic rings. The van der Waals surface area contributed by atoms with Crippen molar-refractivity contribution in [1.29, 1.82) is 0 Å². The summed E-state index contributed by atoms with van der Waals surface area (Å²) in [5.74, 6) is 0. The summed E-state index contributed by atoms with van der Waals surface area (Å²) in [6.07, 6.45) is 0. The number of nitro benzene ring substituents is 1. The molecule has 0 fully saturated rings. The van der Waals surface area contributed by atoms with Crippen molar-refractivity contribution < 1.29 is 4.92 Å². The summed E-state index contributed by atoms with van der Waals surface area (Å²) in [5.41, 5.74) is 0.939. The Morgan fingerprint density at radius 1 is 1.57 bits per heavy atom. The summed E-state index contributed by atoms with van der Waals surface area (Å²) >= 11 is 4.52. The third-order valence-corrected chi connectivity index (χ3v) is 3.54. The first kappa shape index (κ1) is 9.54. The molecule has 14 heavy (non-hydrogen) atoms. The molecule has 0 aliphatic heterocycles. The molecule has 0 saturated heterocycles. The first-order chi connectivity index (χ1) is 6.61. The van der Waals surface area contributed by atoms with Gasteiger partial charge in [-0.2, -0.15) is 4.37 Å². The molecule has 0 N–H and O–H groups in total. The second-order valence-electron chi connectivity index (χ2n) is 2.80. The van der Waals surface area contributed by atoms with E-state index in [0.717, 1.165) is 27.1 Å². The van der Waals surface area contributed by atoms with Gasteiger partial charge in [0.05, 0.1) is 10.6 Å². The zero-order valence-electron chi connectivity index (χ0n) is 7.15. The number of aromatic nitrogens is 1. The maximum absolute atomic E-state index is 10.7. The van der Waals surface area contributed by atoms with Gasteiger partial charge in [0, 0.05) is 15.9 Å². The van der Waals surface area contributed by atoms with E-state index in [0.29, 0.717) is 4.70 Å². The zero-order valence-corrected chi connectivity index (χ0v) is 9.55. The number of hydrogen-bond donors (Lipinski definition) is 0. The molecule has 6 heteroatoms. The fourth-order valence-corrected chi connectivity index (χ4v) is 2.93. The van der Waals surface area contributed by atoms with Crippen LogP contribution in [-0.4, -0.2) is 9.30 Å². The van der Waals surface area contributed by atoms with Crippen LogP contribution in [0.3, 0.4) is 0 Å². The van der Waals surface area contributed by atoms with Crippen LogP contribution in [0.25, 0.3) is 10.1 Å². The van der Waals surface area contributed by atoms with Gasteiger partial charge in [-0.25, -0.2) is 0 Å². The Bertz CT molecular complexity index is 523. The monoisotopic (exact) mass is 272 g/mol. The number of fused-ring (bicyclic) bond motifs is 1. The third kappa shape index (κ3) is 1.31. The number of benzene rings is 1. The molecule has 72 valence electrons. The highest BCUT2D eigenvalue weighted by molar-refractivity contribution is 9.10. The average molecular weight is 273 g/mol. The highest BCUT2D eigenvalue weighted by Crippen LogP contribution is 2.36. The minimum Gasteiger partial charge on any atom is -0.258 e. The van der Waals surface area contributed by atoms with E-state index in [9.17, 15) is 10.1 Å². The van der Waals surface area contributed by atoms with Gasteiger partial charge in [-0.05, 0) is 24.5 Å². The van der Waals surface area contributed by atoms with Gasteiger partial charge in [-0.1, -0.05) is 15.9 Å². The number of nitrogens with zero attached hydrogens (tertiary/aromatic N) is 2. The maximum atomic E-state index is 10.7. The van der Waals surface area contributed by atoms with Crippen LogP contribution in [0.2, 0.25) is 0 Å². The number of nitro groups is 1. The van der Waals surface area contributed by atoms with Crippen molar-refractivity contribution in [2.45, 2.75) is 6.92 Å². The highest BCUT2D eigenvalue weighted by Gasteiger charge is 2.17. The van der Waals surface area contributed by atoms with Crippen molar-refractivity contribution in [2.24, 2.45) is 0 Å². The molecule has 0 bridgehead atoms. The molecule has 1 aromatic heterocycles. The Morgan fingerprint density at radius 2 is 2.29 bits per heavy atom. The summed E-state index contributed by atoms with van der Waals surface area (Å²) < 4.78 is 5.58. The first-order valence-electron chi connectivity index (χ1n) is 3.80. The topological polar surface area (TPSA) is 56.0 Å². The van der Waals surface area contributed by atoms with Gasteiger partial charge >= 0.3 is 0 Å². The number of hydrogen-bond acceptors (Lipinski definition) is 4. The number of rotatable bonds is 1. The van der Waals surface area contributed by atoms with E-state index in [2.05, 4.69) is 20.3 Å². The van der Waals surface area contributed by atoms with E-state index in [-0.39, 0.29) is 10.6 Å². The minimum atomic E-state index is -0.383. The lowest BCUT2D eigenvalue weighted by Crippen LogP contribution is -1.87. The summed E-state index contributed by atoms with van der Waals surface area (Å²) in [4.78, 5) is 10.3. The molecule has 0 atom stereocenters. The standard InChI is InChI=1S/C8H5BrN2O2S/c1-4-7-5(9)2-3-6(11(12)13)8(7)14-10-4/h2-3H,1H3. The van der Waals surface area contributed by atoms with Crippen molar-refractivity contribution in [1.82, 2.24) is 4.37 Å². The van der Waals surface area contributed by atoms with E-state index in [4.69, 9.17) is 0 Å². The molecule has 0 unspecified atom stereocenters. The Labute approximate surface area is 92.0 Å². The van der Waals surface area contributed by atoms with Crippen molar-refractivity contribution in [2.75, 3.05) is 0 Å². The SMILES string of the molecule is Cc1nsc2c([N+](=O)[O-])ccc(Br)c12. The van der Waals surface area contributed by atoms with Crippen LogP contribution < -0.4 is 0 Å². The van der Waals surface area contributed by atoms with Crippen LogP contribution in [-0.2, 0) is 0 Å². The maximum Gasteiger partial charge on any atom is 0.288 e. The Hall–Kier alpha value is -1.01. The van der Waals surface area contributed by atoms with E-state index >= 15 is 0 Å². The summed E-state index contributed by atoms with van der Waals surface area (Å²) in [7, 11) is 0. The minimum absolute atomic E-state index is 0.119. The van der Waals surface area contributed by atoms with E-state index in [1.54, 1.807) is 6.07 Å². The average Bonchev–Trinajstić information content (AvgIpc) is 2.49. The molecule has 4 nitrogen and oxygen atoms in total. The Kier molecular flexibility index (Phi) is 2.24. The fourth-order valence-electron chi connectivity index (χ4n) is 1.28. The number of aryl methyl sites for hydroxylation is 1. The van der Waals surface area contributed by atoms with Gasteiger partial charge in [0.25, 0.3) is 5.69 Å². The van der Waals surface area contributed by atoms with Crippen LogP contribution in [0.4, 0.5) is 5.69 Å². The van der Waals surface area contributed by atoms with Crippen molar-refractivity contribution in [3.63, 3.8) is 0 Å². The smallest absolute Gasteiger partial charge is 0.258 e. The molecule has 1 heterocycles. The van der Waals surface area contributed by atoms with Crippen LogP contribution >= 0.6 is 27.5 Å². The molecule has 0 amide bonds. The first-order valence-corrected chi connectivity index (χ1v) is 5.37. The second-order valence-corrected chi connectivity index (χ2v) is 4.42. The molecule has 0 saturated carbocycles. The molecule has 0 radical (unpaired) electrons. The molecule has 0 aliphatic carbocycles. The lowest BCUT2D eigenvalue weighted by atomic mass is 10.2. The molecule has 1 aromatic carbocycles. The van der Waals surface area contributed by atoms with E-state index < -0.39 is 0 Å². The quantitative estimate of drug-likeness (QED) is 0.591. The number of halogens is 1. The molecule has 2 rings (SSSR count). The third-order valence-electron chi connectivity index (χ3n) is 1.92. The highest BCUT2D eigenvalue weighted by atomic mass is 79.9. The van der Waals surface area contributed by atoms with Crippen molar-refractivity contribution in [3.05, 3.63) is 32.4 Å². The van der Waals surface area contributed by atoms with Gasteiger partial charge in [-0.15, -0.1) is 0 Å². The van der Waals surface area contributed by atoms with Crippen LogP contribution in [0.15, 0.2) is 16.6 Å². The predicted molar refractivity (Wildman–Crippen MR) is 58.7 cm³/mol. The largest absolute Gasteiger partial charge is 0.288 e. The normalized spacial score (nSPS) is 10.7. The van der Waals surface area contributed by atoms with E-state index in [1.807, 2.05) is 6.92 Å². The zero-order chi connectivity index (χ0) is 10.3. The summed E-state index contributed by atoms with van der Waals surface area (Å²) in [5, 5.41) is 11.5. The van der Waals surface area contributed by atoms with Gasteiger partial charge < -0.3 is 0 Å². The lowest BCUT2D eigenvalue weighted by Gasteiger charge is -1.95. The molecular formula is C8H5BrN2O2S. The van der Waals surface area contributed by atoms with Crippen LogP contribution in [0.5, 0.6) is 0 Å². The van der Waals surface area contributed by atoms with Crippen LogP contribution in [0, 0.1) is 17.0 Å². The van der Waals surface area contributed by atoms with Gasteiger partial charge in [0.1, 0.15) is 4.70 Å². The van der Waals surface area contributed by atoms with Crippen molar-refractivity contribution in [3.8, 4) is 0 Å². The lowest BCUT2D eigenvalue weighted by molar-refractivity contribution is -0.382. The fraction of sp³-hybridized carbons (Fsp3) is 0.125. The Balaban J connectivity index is 2.90. The molecular weight excluding hydrogens is 268 g/mol. The van der Waals surface area contributed by atoms with Gasteiger partial charge in [0.2, 0.25) is 0 Å². The summed E-state index contributed by atoms with van der Waals surface area (Å²) in [6.45, 7) is 1.84. The number of non-ortho nitro benzene ring substituents is 1. The Morgan fingerprint density at radius 3 is 2.93 bits per heavy atom. The van der Waals surface area contributed by atoms with Gasteiger partial charge in [-0.3, -0.25) is 10.1 Å². The van der Waals surface area contributed by atoms with Crippen molar-refractivity contribution >= 4 is 43.2 Å². The molecule has 2 aromatic rings. The molecule has 0 spiro atoms. The van der Waals surface area contributed by atoms with E-state index in [1.165, 1.54) is 6.07 Å². The summed E-state index contributed by atoms with van der Waals surface area (Å²) in [6, 6.07) is 3.17. The van der Waals surface area contributed by atoms with Crippen LogP contribution in [0.1, 0.15) is 5.69 Å². The second kappa shape index (κ2) is 3.29.